The van der Waals surface area contributed by atoms with E-state index in [9.17, 15) is 9.90 Å². The Hall–Kier alpha value is -1.55. The number of nitrogens with zero attached hydrogens (tertiary/aromatic N) is 1. The van der Waals surface area contributed by atoms with Crippen LogP contribution in [0.25, 0.3) is 0 Å². The first-order chi connectivity index (χ1) is 10.4. The molecule has 2 atom stereocenters. The maximum Gasteiger partial charge on any atom is 0.318 e. The Balaban J connectivity index is 2.09. The Morgan fingerprint density at radius 3 is 2.32 bits per heavy atom. The van der Waals surface area contributed by atoms with Crippen molar-refractivity contribution >= 4 is 6.03 Å². The zero-order chi connectivity index (χ0) is 16.3. The van der Waals surface area contributed by atoms with E-state index in [0.717, 1.165) is 12.8 Å². The number of nitrogens with one attached hydrogen (secondary N) is 1. The zero-order valence-electron chi connectivity index (χ0n) is 14.0. The SMILES string of the molecule is Cc1ccc(C(NC(=O)N(CC(C)O)C(C)C)C2CC2)cc1. The van der Waals surface area contributed by atoms with Crippen molar-refractivity contribution in [1.29, 1.82) is 0 Å². The third-order valence-electron chi connectivity index (χ3n) is 4.15. The number of aliphatic hydroxyl groups is 1. The van der Waals surface area contributed by atoms with Gasteiger partial charge in [-0.05, 0) is 52.0 Å². The Kier molecular flexibility index (Phi) is 5.46. The van der Waals surface area contributed by atoms with Crippen LogP contribution in [0.3, 0.4) is 0 Å². The van der Waals surface area contributed by atoms with Gasteiger partial charge in [-0.3, -0.25) is 0 Å². The van der Waals surface area contributed by atoms with Gasteiger partial charge in [-0.1, -0.05) is 29.8 Å². The first-order valence-electron chi connectivity index (χ1n) is 8.20. The van der Waals surface area contributed by atoms with Crippen molar-refractivity contribution in [2.45, 2.75) is 58.7 Å². The maximum atomic E-state index is 12.6. The third-order valence-corrected chi connectivity index (χ3v) is 4.15. The van der Waals surface area contributed by atoms with Gasteiger partial charge in [-0.25, -0.2) is 4.79 Å². The fourth-order valence-electron chi connectivity index (χ4n) is 2.71. The minimum atomic E-state index is -0.521. The number of hydrogen-bond donors (Lipinski definition) is 2. The normalized spacial score (nSPS) is 17.2. The number of carbonyl (C=O) groups excluding carboxylic acids is 1. The van der Waals surface area contributed by atoms with Gasteiger partial charge in [0.2, 0.25) is 0 Å². The lowest BCUT2D eigenvalue weighted by molar-refractivity contribution is 0.117. The molecule has 1 aliphatic rings. The van der Waals surface area contributed by atoms with E-state index in [1.54, 1.807) is 11.8 Å². The molecule has 22 heavy (non-hydrogen) atoms. The van der Waals surface area contributed by atoms with E-state index in [1.807, 2.05) is 13.8 Å². The smallest absolute Gasteiger partial charge is 0.318 e. The van der Waals surface area contributed by atoms with Gasteiger partial charge in [0.05, 0.1) is 12.1 Å². The van der Waals surface area contributed by atoms with E-state index < -0.39 is 6.10 Å². The highest BCUT2D eigenvalue weighted by atomic mass is 16.3. The van der Waals surface area contributed by atoms with Crippen LogP contribution in [0, 0.1) is 12.8 Å². The molecule has 1 aliphatic carbocycles. The second-order valence-corrected chi connectivity index (χ2v) is 6.77. The molecule has 0 saturated heterocycles. The molecule has 2 unspecified atom stereocenters. The van der Waals surface area contributed by atoms with E-state index in [1.165, 1.54) is 11.1 Å². The molecule has 0 radical (unpaired) electrons. The van der Waals surface area contributed by atoms with E-state index in [0.29, 0.717) is 12.5 Å². The summed E-state index contributed by atoms with van der Waals surface area (Å²) in [5, 5.41) is 12.8. The van der Waals surface area contributed by atoms with E-state index in [-0.39, 0.29) is 18.1 Å². The number of urea groups is 1. The molecule has 1 aromatic carbocycles. The fraction of sp³-hybridized carbons (Fsp3) is 0.611. The molecule has 4 nitrogen and oxygen atoms in total. The summed E-state index contributed by atoms with van der Waals surface area (Å²) in [5.74, 6) is 0.534. The molecule has 2 amide bonds. The first kappa shape index (κ1) is 16.8. The van der Waals surface area contributed by atoms with Crippen molar-refractivity contribution in [3.63, 3.8) is 0 Å². The van der Waals surface area contributed by atoms with Gasteiger partial charge < -0.3 is 15.3 Å². The predicted octanol–water partition coefficient (Wildman–Crippen LogP) is 3.25. The van der Waals surface area contributed by atoms with Crippen LogP contribution in [0.2, 0.25) is 0 Å². The lowest BCUT2D eigenvalue weighted by Gasteiger charge is -2.30. The average Bonchev–Trinajstić information content (AvgIpc) is 3.27. The molecular weight excluding hydrogens is 276 g/mol. The summed E-state index contributed by atoms with van der Waals surface area (Å²) in [5.41, 5.74) is 2.39. The zero-order valence-corrected chi connectivity index (χ0v) is 14.0. The lowest BCUT2D eigenvalue weighted by Crippen LogP contribution is -2.48. The van der Waals surface area contributed by atoms with Crippen LogP contribution in [-0.4, -0.2) is 34.7 Å². The van der Waals surface area contributed by atoms with E-state index in [2.05, 4.69) is 36.5 Å². The van der Waals surface area contributed by atoms with Crippen LogP contribution in [0.4, 0.5) is 4.79 Å². The molecule has 1 saturated carbocycles. The molecule has 2 N–H and O–H groups in total. The highest BCUT2D eigenvalue weighted by Gasteiger charge is 2.34. The second-order valence-electron chi connectivity index (χ2n) is 6.77. The Morgan fingerprint density at radius 2 is 1.86 bits per heavy atom. The summed E-state index contributed by atoms with van der Waals surface area (Å²) >= 11 is 0. The van der Waals surface area contributed by atoms with Gasteiger partial charge in [0.25, 0.3) is 0 Å². The van der Waals surface area contributed by atoms with Crippen LogP contribution in [0.1, 0.15) is 50.8 Å². The molecule has 0 aromatic heterocycles. The predicted molar refractivity (Wildman–Crippen MR) is 88.7 cm³/mol. The van der Waals surface area contributed by atoms with E-state index >= 15 is 0 Å². The standard InChI is InChI=1S/C18H28N2O2/c1-12(2)20(11-14(4)21)18(22)19-17(16-9-10-16)15-7-5-13(3)6-8-15/h5-8,12,14,16-17,21H,9-11H2,1-4H3,(H,19,22). The number of rotatable bonds is 6. The maximum absolute atomic E-state index is 12.6. The molecule has 0 heterocycles. The molecular formula is C18H28N2O2. The number of aryl methyl sites for hydroxylation is 1. The molecule has 2 rings (SSSR count). The number of aliphatic hydroxyl groups excluding tert-OH is 1. The highest BCUT2D eigenvalue weighted by molar-refractivity contribution is 5.75. The van der Waals surface area contributed by atoms with Crippen molar-refractivity contribution < 1.29 is 9.90 Å². The van der Waals surface area contributed by atoms with Crippen molar-refractivity contribution in [3.05, 3.63) is 35.4 Å². The Labute approximate surface area is 133 Å². The molecule has 0 spiro atoms. The largest absolute Gasteiger partial charge is 0.392 e. The van der Waals surface area contributed by atoms with Gasteiger partial charge in [0.15, 0.2) is 0 Å². The van der Waals surface area contributed by atoms with Crippen LogP contribution < -0.4 is 5.32 Å². The Bertz CT molecular complexity index is 492. The minimum absolute atomic E-state index is 0.0625. The molecule has 122 valence electrons. The molecule has 0 aliphatic heterocycles. The minimum Gasteiger partial charge on any atom is -0.392 e. The Morgan fingerprint density at radius 1 is 1.27 bits per heavy atom. The lowest BCUT2D eigenvalue weighted by atomic mass is 10.0. The number of carbonyl (C=O) groups is 1. The van der Waals surface area contributed by atoms with Crippen molar-refractivity contribution in [3.8, 4) is 0 Å². The van der Waals surface area contributed by atoms with Crippen LogP contribution in [0.5, 0.6) is 0 Å². The van der Waals surface area contributed by atoms with Gasteiger partial charge in [0.1, 0.15) is 0 Å². The topological polar surface area (TPSA) is 52.6 Å². The molecule has 4 heteroatoms. The van der Waals surface area contributed by atoms with E-state index in [4.69, 9.17) is 0 Å². The summed E-state index contributed by atoms with van der Waals surface area (Å²) in [6.07, 6.45) is 1.81. The summed E-state index contributed by atoms with van der Waals surface area (Å²) < 4.78 is 0. The van der Waals surface area contributed by atoms with Gasteiger partial charge in [-0.2, -0.15) is 0 Å². The summed E-state index contributed by atoms with van der Waals surface area (Å²) in [4.78, 5) is 14.3. The highest BCUT2D eigenvalue weighted by Crippen LogP contribution is 2.41. The number of amides is 2. The first-order valence-corrected chi connectivity index (χ1v) is 8.20. The molecule has 1 aromatic rings. The molecule has 1 fully saturated rings. The van der Waals surface area contributed by atoms with Crippen LogP contribution in [-0.2, 0) is 0 Å². The van der Waals surface area contributed by atoms with Crippen molar-refractivity contribution in [2.24, 2.45) is 5.92 Å². The van der Waals surface area contributed by atoms with Gasteiger partial charge in [-0.15, -0.1) is 0 Å². The van der Waals surface area contributed by atoms with Crippen LogP contribution >= 0.6 is 0 Å². The van der Waals surface area contributed by atoms with Gasteiger partial charge >= 0.3 is 6.03 Å². The van der Waals surface area contributed by atoms with Gasteiger partial charge in [0, 0.05) is 12.6 Å². The average molecular weight is 304 g/mol. The monoisotopic (exact) mass is 304 g/mol. The summed E-state index contributed by atoms with van der Waals surface area (Å²) in [6.45, 7) is 8.08. The van der Waals surface area contributed by atoms with Crippen LogP contribution in [0.15, 0.2) is 24.3 Å². The van der Waals surface area contributed by atoms with Crippen molar-refractivity contribution in [2.75, 3.05) is 6.54 Å². The molecule has 0 bridgehead atoms. The second kappa shape index (κ2) is 7.14. The summed E-state index contributed by atoms with van der Waals surface area (Å²) in [6, 6.07) is 8.43. The fourth-order valence-corrected chi connectivity index (χ4v) is 2.71. The van der Waals surface area contributed by atoms with Crippen molar-refractivity contribution in [1.82, 2.24) is 10.2 Å². The number of hydrogen-bond acceptors (Lipinski definition) is 2. The summed E-state index contributed by atoms with van der Waals surface area (Å²) in [7, 11) is 0. The third kappa shape index (κ3) is 4.47. The quantitative estimate of drug-likeness (QED) is 0.847. The number of benzene rings is 1.